The molecule has 2 aromatic rings. The van der Waals surface area contributed by atoms with Crippen molar-refractivity contribution in [2.75, 3.05) is 5.32 Å². The normalized spacial score (nSPS) is 17.2. The molecular weight excluding hydrogens is 304 g/mol. The summed E-state index contributed by atoms with van der Waals surface area (Å²) in [4.78, 5) is 18.6. The molecule has 1 aromatic heterocycles. The number of thiazole rings is 1. The van der Waals surface area contributed by atoms with Crippen molar-refractivity contribution < 1.29 is 4.79 Å². The number of hydrogen-bond donors (Lipinski definition) is 1. The van der Waals surface area contributed by atoms with E-state index in [4.69, 9.17) is 0 Å². The van der Waals surface area contributed by atoms with E-state index in [9.17, 15) is 4.79 Å². The van der Waals surface area contributed by atoms with Gasteiger partial charge in [0.15, 0.2) is 0 Å². The van der Waals surface area contributed by atoms with Crippen molar-refractivity contribution in [3.8, 4) is 0 Å². The summed E-state index contributed by atoms with van der Waals surface area (Å²) in [6.45, 7) is 8.43. The molecule has 0 saturated carbocycles. The summed E-state index contributed by atoms with van der Waals surface area (Å²) in [5.74, 6) is 0.604. The van der Waals surface area contributed by atoms with E-state index in [-0.39, 0.29) is 11.8 Å². The predicted octanol–water partition coefficient (Wildman–Crippen LogP) is 4.63. The maximum Gasteiger partial charge on any atom is 0.227 e. The summed E-state index contributed by atoms with van der Waals surface area (Å²) < 4.78 is 0. The van der Waals surface area contributed by atoms with Crippen molar-refractivity contribution in [1.29, 1.82) is 0 Å². The minimum atomic E-state index is 0.0574. The van der Waals surface area contributed by atoms with Crippen LogP contribution in [-0.4, -0.2) is 10.9 Å². The van der Waals surface area contributed by atoms with Gasteiger partial charge in [0.05, 0.1) is 10.7 Å². The zero-order chi connectivity index (χ0) is 16.6. The first-order chi connectivity index (χ1) is 11.0. The Hall–Kier alpha value is -1.68. The highest BCUT2D eigenvalue weighted by Gasteiger charge is 2.27. The highest BCUT2D eigenvalue weighted by molar-refractivity contribution is 7.11. The molecule has 4 heteroatoms. The Balaban J connectivity index is 1.78. The van der Waals surface area contributed by atoms with Crippen LogP contribution in [0.1, 0.15) is 52.9 Å². The number of para-hydroxylation sites is 1. The number of benzene rings is 1. The lowest BCUT2D eigenvalue weighted by Gasteiger charge is -2.23. The van der Waals surface area contributed by atoms with Gasteiger partial charge in [-0.05, 0) is 50.2 Å². The topological polar surface area (TPSA) is 42.0 Å². The van der Waals surface area contributed by atoms with Gasteiger partial charge in [-0.2, -0.15) is 0 Å². The maximum absolute atomic E-state index is 12.8. The molecule has 23 heavy (non-hydrogen) atoms. The SMILES string of the molecule is Cc1nc2c(s1)CC(C(=O)Nc1c(C)cccc1C(C)C)CC2. The Morgan fingerprint density at radius 3 is 2.87 bits per heavy atom. The number of hydrogen-bond acceptors (Lipinski definition) is 3. The van der Waals surface area contributed by atoms with Crippen molar-refractivity contribution in [2.45, 2.75) is 52.9 Å². The van der Waals surface area contributed by atoms with Gasteiger partial charge in [-0.15, -0.1) is 11.3 Å². The van der Waals surface area contributed by atoms with Crippen LogP contribution < -0.4 is 5.32 Å². The fourth-order valence-electron chi connectivity index (χ4n) is 3.30. The average molecular weight is 328 g/mol. The third kappa shape index (κ3) is 3.32. The number of nitrogens with zero attached hydrogens (tertiary/aromatic N) is 1. The molecule has 1 aromatic carbocycles. The van der Waals surface area contributed by atoms with Gasteiger partial charge in [-0.25, -0.2) is 4.98 Å². The second-order valence-corrected chi connectivity index (χ2v) is 8.01. The van der Waals surface area contributed by atoms with Crippen molar-refractivity contribution in [2.24, 2.45) is 5.92 Å². The second-order valence-electron chi connectivity index (χ2n) is 6.73. The van der Waals surface area contributed by atoms with Crippen molar-refractivity contribution in [3.05, 3.63) is 44.9 Å². The standard InChI is InChI=1S/C19H24N2OS/c1-11(2)15-7-5-6-12(3)18(15)21-19(22)14-8-9-16-17(10-14)23-13(4)20-16/h5-7,11,14H,8-10H2,1-4H3,(H,21,22). The van der Waals surface area contributed by atoms with E-state index in [0.29, 0.717) is 5.92 Å². The predicted molar refractivity (Wildman–Crippen MR) is 96.3 cm³/mol. The fourth-order valence-corrected chi connectivity index (χ4v) is 4.36. The summed E-state index contributed by atoms with van der Waals surface area (Å²) in [6.07, 6.45) is 2.64. The Bertz CT molecular complexity index is 733. The van der Waals surface area contributed by atoms with Crippen LogP contribution in [-0.2, 0) is 17.6 Å². The van der Waals surface area contributed by atoms with Crippen molar-refractivity contribution >= 4 is 22.9 Å². The van der Waals surface area contributed by atoms with E-state index in [2.05, 4.69) is 49.3 Å². The van der Waals surface area contributed by atoms with E-state index in [0.717, 1.165) is 35.5 Å². The number of fused-ring (bicyclic) bond motifs is 1. The minimum Gasteiger partial charge on any atom is -0.325 e. The van der Waals surface area contributed by atoms with Crippen LogP contribution in [0.5, 0.6) is 0 Å². The lowest BCUT2D eigenvalue weighted by Crippen LogP contribution is -2.28. The number of anilines is 1. The van der Waals surface area contributed by atoms with Gasteiger partial charge < -0.3 is 5.32 Å². The molecule has 1 aliphatic rings. The molecule has 0 aliphatic heterocycles. The molecule has 3 rings (SSSR count). The number of rotatable bonds is 3. The summed E-state index contributed by atoms with van der Waals surface area (Å²) in [5, 5.41) is 4.32. The first kappa shape index (κ1) is 16.2. The quantitative estimate of drug-likeness (QED) is 0.893. The Morgan fingerprint density at radius 2 is 2.13 bits per heavy atom. The number of amides is 1. The molecule has 0 bridgehead atoms. The third-order valence-corrected chi connectivity index (χ3v) is 5.63. The number of nitrogens with one attached hydrogen (secondary N) is 1. The molecule has 1 atom stereocenters. The molecule has 1 aliphatic carbocycles. The number of aromatic nitrogens is 1. The van der Waals surface area contributed by atoms with E-state index in [1.165, 1.54) is 16.1 Å². The molecule has 0 fully saturated rings. The molecule has 122 valence electrons. The third-order valence-electron chi connectivity index (χ3n) is 4.59. The lowest BCUT2D eigenvalue weighted by molar-refractivity contribution is -0.120. The molecule has 0 saturated heterocycles. The largest absolute Gasteiger partial charge is 0.325 e. The molecule has 1 N–H and O–H groups in total. The second kappa shape index (κ2) is 6.44. The highest BCUT2D eigenvalue weighted by atomic mass is 32.1. The van der Waals surface area contributed by atoms with Gasteiger partial charge in [-0.3, -0.25) is 4.79 Å². The zero-order valence-electron chi connectivity index (χ0n) is 14.3. The minimum absolute atomic E-state index is 0.0574. The highest BCUT2D eigenvalue weighted by Crippen LogP contribution is 2.32. The van der Waals surface area contributed by atoms with Crippen molar-refractivity contribution in [3.63, 3.8) is 0 Å². The number of carbonyl (C=O) groups is 1. The van der Waals surface area contributed by atoms with E-state index >= 15 is 0 Å². The molecular formula is C19H24N2OS. The Labute approximate surface area is 142 Å². The fraction of sp³-hybridized carbons (Fsp3) is 0.474. The Morgan fingerprint density at radius 1 is 1.35 bits per heavy atom. The molecule has 0 radical (unpaired) electrons. The smallest absolute Gasteiger partial charge is 0.227 e. The van der Waals surface area contributed by atoms with Crippen molar-refractivity contribution in [1.82, 2.24) is 4.98 Å². The van der Waals surface area contributed by atoms with Crippen LogP contribution in [0, 0.1) is 19.8 Å². The van der Waals surface area contributed by atoms with Gasteiger partial charge >= 0.3 is 0 Å². The van der Waals surface area contributed by atoms with Crippen LogP contribution in [0.15, 0.2) is 18.2 Å². The van der Waals surface area contributed by atoms with E-state index < -0.39 is 0 Å². The molecule has 0 spiro atoms. The van der Waals surface area contributed by atoms with Gasteiger partial charge in [0, 0.05) is 16.5 Å². The van der Waals surface area contributed by atoms with Gasteiger partial charge in [0.2, 0.25) is 5.91 Å². The van der Waals surface area contributed by atoms with Crippen LogP contribution in [0.25, 0.3) is 0 Å². The van der Waals surface area contributed by atoms with Gasteiger partial charge in [0.1, 0.15) is 0 Å². The van der Waals surface area contributed by atoms with Crippen LogP contribution in [0.3, 0.4) is 0 Å². The molecule has 1 unspecified atom stereocenters. The first-order valence-corrected chi connectivity index (χ1v) is 9.13. The zero-order valence-corrected chi connectivity index (χ0v) is 15.1. The molecule has 3 nitrogen and oxygen atoms in total. The number of aryl methyl sites for hydroxylation is 3. The molecule has 1 amide bonds. The van der Waals surface area contributed by atoms with Crippen LogP contribution in [0.4, 0.5) is 5.69 Å². The average Bonchev–Trinajstić information content (AvgIpc) is 2.87. The monoisotopic (exact) mass is 328 g/mol. The maximum atomic E-state index is 12.8. The first-order valence-electron chi connectivity index (χ1n) is 8.31. The summed E-state index contributed by atoms with van der Waals surface area (Å²) in [6, 6.07) is 6.24. The van der Waals surface area contributed by atoms with E-state index in [1.54, 1.807) is 11.3 Å². The lowest BCUT2D eigenvalue weighted by atomic mass is 9.90. The van der Waals surface area contributed by atoms with Crippen LogP contribution >= 0.6 is 11.3 Å². The van der Waals surface area contributed by atoms with Gasteiger partial charge in [-0.1, -0.05) is 32.0 Å². The van der Waals surface area contributed by atoms with Crippen LogP contribution in [0.2, 0.25) is 0 Å². The number of carbonyl (C=O) groups excluding carboxylic acids is 1. The van der Waals surface area contributed by atoms with Gasteiger partial charge in [0.25, 0.3) is 0 Å². The summed E-state index contributed by atoms with van der Waals surface area (Å²) in [7, 11) is 0. The van der Waals surface area contributed by atoms with E-state index in [1.807, 2.05) is 6.92 Å². The summed E-state index contributed by atoms with van der Waals surface area (Å²) in [5.41, 5.74) is 4.55. The Kier molecular flexibility index (Phi) is 4.53. The summed E-state index contributed by atoms with van der Waals surface area (Å²) >= 11 is 1.74. The molecule has 1 heterocycles.